The Labute approximate surface area is 145 Å². The van der Waals surface area contributed by atoms with Gasteiger partial charge in [-0.25, -0.2) is 9.97 Å². The van der Waals surface area contributed by atoms with E-state index in [-0.39, 0.29) is 5.91 Å². The highest BCUT2D eigenvalue weighted by Crippen LogP contribution is 2.09. The van der Waals surface area contributed by atoms with E-state index in [0.717, 1.165) is 11.1 Å². The van der Waals surface area contributed by atoms with Crippen LogP contribution in [0.2, 0.25) is 0 Å². The van der Waals surface area contributed by atoms with Crippen molar-refractivity contribution in [1.82, 2.24) is 25.3 Å². The van der Waals surface area contributed by atoms with Crippen LogP contribution < -0.4 is 10.6 Å². The lowest BCUT2D eigenvalue weighted by Gasteiger charge is -2.09. The highest BCUT2D eigenvalue weighted by atomic mass is 16.1. The van der Waals surface area contributed by atoms with Gasteiger partial charge in [-0.15, -0.1) is 0 Å². The molecule has 0 fully saturated rings. The van der Waals surface area contributed by atoms with Gasteiger partial charge in [0.15, 0.2) is 0 Å². The average molecular weight is 334 g/mol. The van der Waals surface area contributed by atoms with Crippen LogP contribution in [0.15, 0.2) is 55.1 Å². The second kappa shape index (κ2) is 7.96. The Balaban J connectivity index is 1.65. The van der Waals surface area contributed by atoms with Crippen LogP contribution in [0.5, 0.6) is 0 Å². The Morgan fingerprint density at radius 2 is 1.52 bits per heavy atom. The summed E-state index contributed by atoms with van der Waals surface area (Å²) < 4.78 is 0. The first-order valence-electron chi connectivity index (χ1n) is 7.86. The molecule has 0 aliphatic heterocycles. The summed E-state index contributed by atoms with van der Waals surface area (Å²) in [6.07, 6.45) is 6.86. The van der Waals surface area contributed by atoms with Crippen LogP contribution in [0.3, 0.4) is 0 Å². The van der Waals surface area contributed by atoms with Gasteiger partial charge in [0.2, 0.25) is 0 Å². The van der Waals surface area contributed by atoms with E-state index in [2.05, 4.69) is 30.6 Å². The smallest absolute Gasteiger partial charge is 0.270 e. The molecule has 3 heterocycles. The molecule has 0 aromatic carbocycles. The van der Waals surface area contributed by atoms with Crippen LogP contribution in [-0.2, 0) is 13.1 Å². The summed E-state index contributed by atoms with van der Waals surface area (Å²) in [5.41, 5.74) is 2.39. The largest absolute Gasteiger partial charge is 0.366 e. The number of anilines is 1. The normalized spacial score (nSPS) is 10.3. The molecule has 0 bridgehead atoms. The van der Waals surface area contributed by atoms with Crippen molar-refractivity contribution in [3.8, 4) is 0 Å². The zero-order valence-electron chi connectivity index (χ0n) is 13.8. The molecule has 2 N–H and O–H groups in total. The number of hydrogen-bond acceptors (Lipinski definition) is 6. The van der Waals surface area contributed by atoms with Crippen LogP contribution in [0.4, 0.5) is 5.82 Å². The van der Waals surface area contributed by atoms with Crippen LogP contribution in [-0.4, -0.2) is 25.8 Å². The number of rotatable bonds is 6. The first kappa shape index (κ1) is 16.5. The summed E-state index contributed by atoms with van der Waals surface area (Å²) in [6.45, 7) is 2.78. The van der Waals surface area contributed by atoms with E-state index in [1.807, 2.05) is 24.3 Å². The summed E-state index contributed by atoms with van der Waals surface area (Å²) in [7, 11) is 0. The van der Waals surface area contributed by atoms with Gasteiger partial charge in [0, 0.05) is 43.9 Å². The number of carbonyl (C=O) groups is 1. The number of aryl methyl sites for hydroxylation is 1. The minimum Gasteiger partial charge on any atom is -0.366 e. The van der Waals surface area contributed by atoms with Gasteiger partial charge in [0.05, 0.1) is 0 Å². The fraction of sp³-hybridized carbons (Fsp3) is 0.167. The number of nitrogens with zero attached hydrogens (tertiary/aromatic N) is 4. The molecule has 0 aliphatic carbocycles. The molecule has 25 heavy (non-hydrogen) atoms. The van der Waals surface area contributed by atoms with Gasteiger partial charge in [0.1, 0.15) is 17.3 Å². The Hall–Kier alpha value is -3.35. The maximum absolute atomic E-state index is 12.3. The van der Waals surface area contributed by atoms with Crippen molar-refractivity contribution in [2.45, 2.75) is 20.0 Å². The molecule has 0 unspecified atom stereocenters. The Morgan fingerprint density at radius 3 is 2.16 bits per heavy atom. The second-order valence-corrected chi connectivity index (χ2v) is 5.43. The Bertz CT molecular complexity index is 839. The van der Waals surface area contributed by atoms with Gasteiger partial charge in [-0.2, -0.15) is 0 Å². The molecule has 126 valence electrons. The zero-order valence-corrected chi connectivity index (χ0v) is 13.8. The number of hydrogen-bond donors (Lipinski definition) is 2. The molecule has 0 saturated carbocycles. The molecule has 3 aromatic rings. The third-order valence-corrected chi connectivity index (χ3v) is 3.50. The lowest BCUT2D eigenvalue weighted by Crippen LogP contribution is -2.24. The standard InChI is InChI=1S/C18H18N6O/c1-13-23-16(18(25)22-12-15-4-8-20-9-5-15)10-17(24-13)21-11-14-2-6-19-7-3-14/h2-10H,11-12H2,1H3,(H,22,25)(H,21,23,24). The molecule has 0 spiro atoms. The van der Waals surface area contributed by atoms with E-state index < -0.39 is 0 Å². The zero-order chi connectivity index (χ0) is 17.5. The van der Waals surface area contributed by atoms with Crippen LogP contribution in [0, 0.1) is 6.92 Å². The van der Waals surface area contributed by atoms with E-state index >= 15 is 0 Å². The number of amides is 1. The van der Waals surface area contributed by atoms with E-state index in [0.29, 0.717) is 30.4 Å². The summed E-state index contributed by atoms with van der Waals surface area (Å²) in [5, 5.41) is 6.05. The van der Waals surface area contributed by atoms with Crippen LogP contribution >= 0.6 is 0 Å². The van der Waals surface area contributed by atoms with Crippen molar-refractivity contribution in [2.24, 2.45) is 0 Å². The SMILES string of the molecule is Cc1nc(NCc2ccncc2)cc(C(=O)NCc2ccncc2)n1. The summed E-state index contributed by atoms with van der Waals surface area (Å²) in [5.74, 6) is 0.904. The van der Waals surface area contributed by atoms with E-state index in [1.165, 1.54) is 0 Å². The van der Waals surface area contributed by atoms with E-state index in [1.54, 1.807) is 37.8 Å². The van der Waals surface area contributed by atoms with E-state index in [4.69, 9.17) is 0 Å². The maximum Gasteiger partial charge on any atom is 0.270 e. The van der Waals surface area contributed by atoms with Gasteiger partial charge in [-0.05, 0) is 42.3 Å². The molecule has 0 atom stereocenters. The molecular weight excluding hydrogens is 316 g/mol. The molecule has 3 aromatic heterocycles. The molecule has 1 amide bonds. The lowest BCUT2D eigenvalue weighted by atomic mass is 10.2. The van der Waals surface area contributed by atoms with Gasteiger partial charge >= 0.3 is 0 Å². The summed E-state index contributed by atoms with van der Waals surface area (Å²) in [6, 6.07) is 9.20. The fourth-order valence-corrected chi connectivity index (χ4v) is 2.24. The predicted octanol–water partition coefficient (Wildman–Crippen LogP) is 2.12. The van der Waals surface area contributed by atoms with Crippen molar-refractivity contribution < 1.29 is 4.79 Å². The monoisotopic (exact) mass is 334 g/mol. The van der Waals surface area contributed by atoms with Gasteiger partial charge < -0.3 is 10.6 Å². The molecule has 0 aliphatic rings. The van der Waals surface area contributed by atoms with Gasteiger partial charge in [-0.1, -0.05) is 0 Å². The van der Waals surface area contributed by atoms with Crippen molar-refractivity contribution >= 4 is 11.7 Å². The lowest BCUT2D eigenvalue weighted by molar-refractivity contribution is 0.0945. The first-order chi connectivity index (χ1) is 12.2. The third-order valence-electron chi connectivity index (χ3n) is 3.50. The minimum atomic E-state index is -0.241. The minimum absolute atomic E-state index is 0.241. The maximum atomic E-state index is 12.3. The first-order valence-corrected chi connectivity index (χ1v) is 7.86. The fourth-order valence-electron chi connectivity index (χ4n) is 2.24. The molecule has 0 saturated heterocycles. The third kappa shape index (κ3) is 4.81. The van der Waals surface area contributed by atoms with Crippen molar-refractivity contribution in [2.75, 3.05) is 5.32 Å². The Kier molecular flexibility index (Phi) is 5.26. The quantitative estimate of drug-likeness (QED) is 0.717. The van der Waals surface area contributed by atoms with Crippen molar-refractivity contribution in [3.05, 3.63) is 77.8 Å². The average Bonchev–Trinajstić information content (AvgIpc) is 2.66. The van der Waals surface area contributed by atoms with Crippen molar-refractivity contribution in [1.29, 1.82) is 0 Å². The molecule has 7 nitrogen and oxygen atoms in total. The van der Waals surface area contributed by atoms with Crippen LogP contribution in [0.1, 0.15) is 27.4 Å². The number of pyridine rings is 2. The topological polar surface area (TPSA) is 92.7 Å². The number of aromatic nitrogens is 4. The number of nitrogens with one attached hydrogen (secondary N) is 2. The predicted molar refractivity (Wildman–Crippen MR) is 93.7 cm³/mol. The molecular formula is C18H18N6O. The number of carbonyl (C=O) groups excluding carboxylic acids is 1. The molecule has 3 rings (SSSR count). The summed E-state index contributed by atoms with van der Waals surface area (Å²) >= 11 is 0. The van der Waals surface area contributed by atoms with E-state index in [9.17, 15) is 4.79 Å². The highest BCUT2D eigenvalue weighted by Gasteiger charge is 2.10. The van der Waals surface area contributed by atoms with Gasteiger partial charge in [-0.3, -0.25) is 14.8 Å². The second-order valence-electron chi connectivity index (χ2n) is 5.43. The molecule has 7 heteroatoms. The van der Waals surface area contributed by atoms with Crippen LogP contribution in [0.25, 0.3) is 0 Å². The van der Waals surface area contributed by atoms with Gasteiger partial charge in [0.25, 0.3) is 5.91 Å². The van der Waals surface area contributed by atoms with Crippen molar-refractivity contribution in [3.63, 3.8) is 0 Å². The summed E-state index contributed by atoms with van der Waals surface area (Å²) in [4.78, 5) is 28.8. The highest BCUT2D eigenvalue weighted by molar-refractivity contribution is 5.92. The molecule has 0 radical (unpaired) electrons. The Morgan fingerprint density at radius 1 is 0.920 bits per heavy atom.